The summed E-state index contributed by atoms with van der Waals surface area (Å²) in [6.45, 7) is 0. The molecule has 0 atom stereocenters. The number of allylic oxidation sites excluding steroid dienone is 1. The molecule has 0 saturated heterocycles. The molecule has 0 fully saturated rings. The van der Waals surface area contributed by atoms with Crippen molar-refractivity contribution in [1.82, 2.24) is 0 Å². The van der Waals surface area contributed by atoms with Gasteiger partial charge < -0.3 is 23.7 Å². The minimum Gasteiger partial charge on any atom is -0.497 e. The van der Waals surface area contributed by atoms with Crippen LogP contribution >= 0.6 is 0 Å². The lowest BCUT2D eigenvalue weighted by molar-refractivity contribution is 0.0722. The molecule has 7 heteroatoms. The van der Waals surface area contributed by atoms with Crippen molar-refractivity contribution >= 4 is 17.8 Å². The van der Waals surface area contributed by atoms with E-state index in [1.165, 1.54) is 27.4 Å². The molecule has 3 aromatic rings. The summed E-state index contributed by atoms with van der Waals surface area (Å²) in [6.07, 6.45) is 3.12. The van der Waals surface area contributed by atoms with Crippen LogP contribution in [0.2, 0.25) is 0 Å². The Morgan fingerprint density at radius 1 is 0.697 bits per heavy atom. The van der Waals surface area contributed by atoms with Gasteiger partial charge in [0.15, 0.2) is 17.3 Å². The summed E-state index contributed by atoms with van der Waals surface area (Å²) < 4.78 is 26.6. The molecule has 0 amide bonds. The lowest BCUT2D eigenvalue weighted by Crippen LogP contribution is -2.12. The van der Waals surface area contributed by atoms with Crippen molar-refractivity contribution in [1.29, 1.82) is 0 Å². The van der Waals surface area contributed by atoms with Crippen LogP contribution in [0.3, 0.4) is 0 Å². The normalized spacial score (nSPS) is 10.5. The summed E-state index contributed by atoms with van der Waals surface area (Å²) in [5.74, 6) is 1.07. The maximum Gasteiger partial charge on any atom is 0.351 e. The number of hydrogen-bond donors (Lipinski definition) is 0. The second-order valence-electron chi connectivity index (χ2n) is 6.76. The highest BCUT2D eigenvalue weighted by Crippen LogP contribution is 2.33. The van der Waals surface area contributed by atoms with Gasteiger partial charge in [-0.3, -0.25) is 4.79 Å². The van der Waals surface area contributed by atoms with Gasteiger partial charge in [0.25, 0.3) is 0 Å². The van der Waals surface area contributed by atoms with Crippen molar-refractivity contribution < 1.29 is 33.3 Å². The van der Waals surface area contributed by atoms with Gasteiger partial charge in [0.05, 0.1) is 28.4 Å². The van der Waals surface area contributed by atoms with E-state index in [9.17, 15) is 9.59 Å². The van der Waals surface area contributed by atoms with E-state index in [1.54, 1.807) is 73.8 Å². The third-order valence-corrected chi connectivity index (χ3v) is 4.82. The number of rotatable bonds is 9. The number of benzene rings is 3. The van der Waals surface area contributed by atoms with Crippen molar-refractivity contribution in [2.75, 3.05) is 28.4 Å². The molecule has 0 aliphatic heterocycles. The molecule has 0 saturated carbocycles. The van der Waals surface area contributed by atoms with Crippen LogP contribution in [0.4, 0.5) is 0 Å². The van der Waals surface area contributed by atoms with Crippen LogP contribution in [0.25, 0.3) is 6.08 Å². The molecular weight excluding hydrogens is 424 g/mol. The molecule has 0 heterocycles. The van der Waals surface area contributed by atoms with Crippen LogP contribution in [0, 0.1) is 0 Å². The van der Waals surface area contributed by atoms with Gasteiger partial charge in [-0.2, -0.15) is 0 Å². The van der Waals surface area contributed by atoms with E-state index in [4.69, 9.17) is 23.7 Å². The first-order valence-electron chi connectivity index (χ1n) is 9.98. The van der Waals surface area contributed by atoms with Gasteiger partial charge in [-0.05, 0) is 60.2 Å². The fourth-order valence-electron chi connectivity index (χ4n) is 3.10. The maximum absolute atomic E-state index is 12.8. The predicted octanol–water partition coefficient (Wildman–Crippen LogP) is 4.84. The van der Waals surface area contributed by atoms with Crippen molar-refractivity contribution in [2.45, 2.75) is 0 Å². The van der Waals surface area contributed by atoms with Gasteiger partial charge >= 0.3 is 5.97 Å². The first-order valence-corrected chi connectivity index (χ1v) is 9.98. The number of ether oxygens (including phenoxy) is 5. The second-order valence-corrected chi connectivity index (χ2v) is 6.76. The molecule has 33 heavy (non-hydrogen) atoms. The molecule has 0 spiro atoms. The Hall–Kier alpha value is -4.26. The monoisotopic (exact) mass is 448 g/mol. The zero-order valence-corrected chi connectivity index (χ0v) is 18.8. The molecule has 0 bridgehead atoms. The molecule has 170 valence electrons. The largest absolute Gasteiger partial charge is 0.497 e. The van der Waals surface area contributed by atoms with Crippen molar-refractivity contribution in [3.05, 3.63) is 83.4 Å². The number of hydrogen-bond acceptors (Lipinski definition) is 7. The number of esters is 1. The summed E-state index contributed by atoms with van der Waals surface area (Å²) in [5, 5.41) is 0. The van der Waals surface area contributed by atoms with E-state index in [1.807, 2.05) is 0 Å². The molecule has 3 aromatic carbocycles. The topological polar surface area (TPSA) is 80.3 Å². The smallest absolute Gasteiger partial charge is 0.351 e. The van der Waals surface area contributed by atoms with Crippen LogP contribution in [-0.4, -0.2) is 40.2 Å². The molecule has 0 N–H and O–H groups in total. The van der Waals surface area contributed by atoms with Gasteiger partial charge in [0.2, 0.25) is 0 Å². The van der Waals surface area contributed by atoms with Crippen LogP contribution in [-0.2, 0) is 0 Å². The molecule has 0 aromatic heterocycles. The van der Waals surface area contributed by atoms with E-state index in [2.05, 4.69) is 0 Å². The molecule has 0 aliphatic rings. The Morgan fingerprint density at radius 3 is 1.91 bits per heavy atom. The number of carbonyl (C=O) groups excluding carboxylic acids is 2. The van der Waals surface area contributed by atoms with Gasteiger partial charge in [-0.1, -0.05) is 18.2 Å². The first-order chi connectivity index (χ1) is 16.0. The highest BCUT2D eigenvalue weighted by atomic mass is 16.6. The SMILES string of the molecule is COc1ccc(C(=O)/C=C/c2ccc(OC(=O)c3c(OC)cccc3OC)c(OC)c2)cc1. The van der Waals surface area contributed by atoms with Crippen molar-refractivity contribution in [3.63, 3.8) is 0 Å². The fourth-order valence-corrected chi connectivity index (χ4v) is 3.10. The minimum absolute atomic E-state index is 0.157. The Morgan fingerprint density at radius 2 is 1.33 bits per heavy atom. The summed E-state index contributed by atoms with van der Waals surface area (Å²) in [4.78, 5) is 25.2. The first kappa shape index (κ1) is 23.4. The van der Waals surface area contributed by atoms with Gasteiger partial charge in [-0.15, -0.1) is 0 Å². The van der Waals surface area contributed by atoms with E-state index < -0.39 is 5.97 Å². The Labute approximate surface area is 192 Å². The number of carbonyl (C=O) groups is 2. The average molecular weight is 448 g/mol. The van der Waals surface area contributed by atoms with Gasteiger partial charge in [0, 0.05) is 5.56 Å². The zero-order valence-electron chi connectivity index (χ0n) is 18.8. The predicted molar refractivity (Wildman–Crippen MR) is 124 cm³/mol. The van der Waals surface area contributed by atoms with Crippen molar-refractivity contribution in [2.24, 2.45) is 0 Å². The molecule has 0 unspecified atom stereocenters. The van der Waals surface area contributed by atoms with E-state index in [0.29, 0.717) is 34.1 Å². The van der Waals surface area contributed by atoms with Crippen LogP contribution in [0.1, 0.15) is 26.3 Å². The molecule has 0 radical (unpaired) electrons. The molecule has 3 rings (SSSR count). The third kappa shape index (κ3) is 5.51. The maximum atomic E-state index is 12.8. The molecule has 7 nitrogen and oxygen atoms in total. The third-order valence-electron chi connectivity index (χ3n) is 4.82. The van der Waals surface area contributed by atoms with Crippen molar-refractivity contribution in [3.8, 4) is 28.7 Å². The quantitative estimate of drug-likeness (QED) is 0.201. The van der Waals surface area contributed by atoms with Crippen LogP contribution < -0.4 is 23.7 Å². The van der Waals surface area contributed by atoms with Gasteiger partial charge in [-0.25, -0.2) is 4.79 Å². The lowest BCUT2D eigenvalue weighted by atomic mass is 10.1. The fraction of sp³-hybridized carbons (Fsp3) is 0.154. The Bertz CT molecular complexity index is 1140. The van der Waals surface area contributed by atoms with E-state index in [-0.39, 0.29) is 17.1 Å². The highest BCUT2D eigenvalue weighted by Gasteiger charge is 2.21. The summed E-state index contributed by atoms with van der Waals surface area (Å²) >= 11 is 0. The van der Waals surface area contributed by atoms with Crippen LogP contribution in [0.15, 0.2) is 66.7 Å². The highest BCUT2D eigenvalue weighted by molar-refractivity contribution is 6.06. The Kier molecular flexibility index (Phi) is 7.70. The average Bonchev–Trinajstić information content (AvgIpc) is 2.87. The molecule has 0 aliphatic carbocycles. The molecular formula is C26H24O7. The van der Waals surface area contributed by atoms with Gasteiger partial charge in [0.1, 0.15) is 22.8 Å². The van der Waals surface area contributed by atoms with E-state index in [0.717, 1.165) is 0 Å². The summed E-state index contributed by atoms with van der Waals surface area (Å²) in [6, 6.07) is 16.8. The van der Waals surface area contributed by atoms with Crippen LogP contribution in [0.5, 0.6) is 28.7 Å². The lowest BCUT2D eigenvalue weighted by Gasteiger charge is -2.14. The number of ketones is 1. The second kappa shape index (κ2) is 10.9. The minimum atomic E-state index is -0.652. The standard InChI is InChI=1S/C26H24O7/c1-29-19-12-10-18(11-13-19)20(27)14-8-17-9-15-21(24(16-17)32-4)33-26(28)25-22(30-2)6-5-7-23(25)31-3/h5-16H,1-4H3/b14-8+. The number of methoxy groups -OCH3 is 4. The zero-order chi connectivity index (χ0) is 23.8. The summed E-state index contributed by atoms with van der Waals surface area (Å²) in [7, 11) is 5.95. The summed E-state index contributed by atoms with van der Waals surface area (Å²) in [5.41, 5.74) is 1.40. The van der Waals surface area contributed by atoms with E-state index >= 15 is 0 Å². The Balaban J connectivity index is 1.79.